The molecule has 2 aliphatic rings. The van der Waals surface area contributed by atoms with E-state index in [0.717, 1.165) is 55.9 Å². The Morgan fingerprint density at radius 2 is 1.37 bits per heavy atom. The summed E-state index contributed by atoms with van der Waals surface area (Å²) in [6, 6.07) is -0.815. The molecule has 0 heterocycles. The van der Waals surface area contributed by atoms with Crippen LogP contribution in [-0.4, -0.2) is 57.8 Å². The van der Waals surface area contributed by atoms with Gasteiger partial charge in [-0.2, -0.15) is 0 Å². The molecule has 0 saturated carbocycles. The average Bonchev–Trinajstić information content (AvgIpc) is 2.85. The Labute approximate surface area is 282 Å². The zero-order chi connectivity index (χ0) is 34.9. The molecule has 2 rings (SSSR count). The van der Waals surface area contributed by atoms with Gasteiger partial charge in [-0.25, -0.2) is 9.59 Å². The van der Waals surface area contributed by atoms with Gasteiger partial charge in [-0.15, -0.1) is 0 Å². The normalized spacial score (nSPS) is 25.2. The van der Waals surface area contributed by atoms with Crippen molar-refractivity contribution in [3.8, 4) is 0 Å². The molecule has 0 aromatic heterocycles. The quantitative estimate of drug-likeness (QED) is 0.186. The van der Waals surface area contributed by atoms with E-state index in [1.165, 1.54) is 0 Å². The molecule has 0 bridgehead atoms. The molecule has 3 amide bonds. The highest BCUT2D eigenvalue weighted by atomic mass is 32.2. The molecule has 0 aromatic carbocycles. The van der Waals surface area contributed by atoms with Gasteiger partial charge in [-0.3, -0.25) is 9.59 Å². The fraction of sp³-hybridized carbons (Fsp3) is 0.778. The Morgan fingerprint density at radius 1 is 0.783 bits per heavy atom. The Morgan fingerprint density at radius 3 is 1.96 bits per heavy atom. The minimum atomic E-state index is -0.896. The first-order valence-corrected chi connectivity index (χ1v) is 17.7. The van der Waals surface area contributed by atoms with Crippen LogP contribution in [0.3, 0.4) is 0 Å². The van der Waals surface area contributed by atoms with E-state index in [0.29, 0.717) is 19.3 Å². The third-order valence-electron chi connectivity index (χ3n) is 7.87. The van der Waals surface area contributed by atoms with E-state index in [1.54, 1.807) is 0 Å². The number of rotatable bonds is 7. The van der Waals surface area contributed by atoms with Crippen LogP contribution in [-0.2, 0) is 19.1 Å². The standard InChI is InChI=1S/C36H61N3O6S/c1-33(2,3)29(40)38-26-21-17-14-15-19-24(28(26)45-31(42)39-34(4,5)6)23-36(10,11)30(41)37-25-20-16-12-13-18-22-27(25)44-32(43)46-35(7,8)9/h18-19,22,25-28H,12-17,20-21,23H2,1-11H3,(H,37,41)(H,38,40)(H,39,42)/b22-18+,24-19+. The fourth-order valence-corrected chi connectivity index (χ4v) is 6.07. The zero-order valence-corrected chi connectivity index (χ0v) is 31.1. The summed E-state index contributed by atoms with van der Waals surface area (Å²) in [7, 11) is 0. The Kier molecular flexibility index (Phi) is 14.3. The van der Waals surface area contributed by atoms with E-state index in [4.69, 9.17) is 9.47 Å². The van der Waals surface area contributed by atoms with Crippen LogP contribution in [0, 0.1) is 10.8 Å². The lowest BCUT2D eigenvalue weighted by Gasteiger charge is -2.37. The highest BCUT2D eigenvalue weighted by Gasteiger charge is 2.39. The first kappa shape index (κ1) is 39.7. The number of alkyl carbamates (subject to hydrolysis) is 1. The van der Waals surface area contributed by atoms with Gasteiger partial charge in [-0.05, 0) is 89.1 Å². The second-order valence-corrected chi connectivity index (χ2v) is 18.3. The van der Waals surface area contributed by atoms with Crippen LogP contribution in [0.4, 0.5) is 9.59 Å². The van der Waals surface area contributed by atoms with Crippen molar-refractivity contribution in [2.24, 2.45) is 10.8 Å². The molecule has 0 fully saturated rings. The molecule has 10 heteroatoms. The predicted molar refractivity (Wildman–Crippen MR) is 187 cm³/mol. The number of thioether (sulfide) groups is 1. The third kappa shape index (κ3) is 14.1. The van der Waals surface area contributed by atoms with Crippen LogP contribution in [0.5, 0.6) is 0 Å². The van der Waals surface area contributed by atoms with Crippen LogP contribution < -0.4 is 16.0 Å². The molecule has 4 atom stereocenters. The summed E-state index contributed by atoms with van der Waals surface area (Å²) in [5, 5.41) is 8.90. The first-order valence-electron chi connectivity index (χ1n) is 16.9. The minimum Gasteiger partial charge on any atom is -0.448 e. The lowest BCUT2D eigenvalue weighted by atomic mass is 9.79. The van der Waals surface area contributed by atoms with Crippen molar-refractivity contribution in [1.29, 1.82) is 0 Å². The van der Waals surface area contributed by atoms with Gasteiger partial charge >= 0.3 is 11.4 Å². The van der Waals surface area contributed by atoms with E-state index in [2.05, 4.69) is 22.0 Å². The average molecular weight is 664 g/mol. The summed E-state index contributed by atoms with van der Waals surface area (Å²) < 4.78 is 11.7. The first-order chi connectivity index (χ1) is 21.1. The molecule has 3 N–H and O–H groups in total. The van der Waals surface area contributed by atoms with Crippen LogP contribution >= 0.6 is 11.8 Å². The molecule has 0 aliphatic heterocycles. The molecule has 9 nitrogen and oxygen atoms in total. The van der Waals surface area contributed by atoms with Gasteiger partial charge in [-0.1, -0.05) is 80.4 Å². The molecule has 0 aromatic rings. The SMILES string of the molecule is CC(C)(C)NC(=O)OC1/C(CC(C)(C)C(=O)NC2CCCC/C=C/C2OC(=O)SC(C)(C)C)=C/CCCCC1NC(=O)C(C)(C)C. The number of hydrogen-bond acceptors (Lipinski definition) is 7. The van der Waals surface area contributed by atoms with Crippen molar-refractivity contribution >= 4 is 35.0 Å². The van der Waals surface area contributed by atoms with E-state index < -0.39 is 40.7 Å². The topological polar surface area (TPSA) is 123 Å². The molecular formula is C36H61N3O6S. The van der Waals surface area contributed by atoms with Gasteiger partial charge in [0.15, 0.2) is 0 Å². The zero-order valence-electron chi connectivity index (χ0n) is 30.3. The number of nitrogens with one attached hydrogen (secondary N) is 3. The summed E-state index contributed by atoms with van der Waals surface area (Å²) in [6.07, 6.45) is 11.1. The molecule has 2 aliphatic carbocycles. The van der Waals surface area contributed by atoms with E-state index in [-0.39, 0.29) is 27.9 Å². The summed E-state index contributed by atoms with van der Waals surface area (Å²) in [5.74, 6) is -0.297. The number of hydrogen-bond donors (Lipinski definition) is 3. The smallest absolute Gasteiger partial charge is 0.408 e. The number of carbonyl (C=O) groups excluding carboxylic acids is 4. The number of carbonyl (C=O) groups is 4. The van der Waals surface area contributed by atoms with Gasteiger partial charge in [0.1, 0.15) is 12.2 Å². The second-order valence-electron chi connectivity index (χ2n) is 16.5. The molecule has 0 radical (unpaired) electrons. The highest BCUT2D eigenvalue weighted by Crippen LogP contribution is 2.34. The predicted octanol–water partition coefficient (Wildman–Crippen LogP) is 7.98. The van der Waals surface area contributed by atoms with Crippen LogP contribution in [0.2, 0.25) is 0 Å². The minimum absolute atomic E-state index is 0.123. The van der Waals surface area contributed by atoms with E-state index >= 15 is 0 Å². The highest BCUT2D eigenvalue weighted by molar-refractivity contribution is 8.14. The molecule has 4 unspecified atom stereocenters. The molecular weight excluding hydrogens is 602 g/mol. The van der Waals surface area contributed by atoms with Gasteiger partial charge in [0, 0.05) is 21.1 Å². The molecule has 46 heavy (non-hydrogen) atoms. The van der Waals surface area contributed by atoms with Crippen LogP contribution in [0.25, 0.3) is 0 Å². The Bertz CT molecular complexity index is 1130. The van der Waals surface area contributed by atoms with Crippen molar-refractivity contribution in [1.82, 2.24) is 16.0 Å². The molecule has 0 saturated heterocycles. The fourth-order valence-electron chi connectivity index (χ4n) is 5.41. The van der Waals surface area contributed by atoms with Gasteiger partial charge in [0.05, 0.1) is 12.1 Å². The van der Waals surface area contributed by atoms with Crippen LogP contribution in [0.1, 0.15) is 134 Å². The lowest BCUT2D eigenvalue weighted by molar-refractivity contribution is -0.131. The number of allylic oxidation sites excluding steroid dienone is 2. The van der Waals surface area contributed by atoms with Crippen LogP contribution in [0.15, 0.2) is 23.8 Å². The maximum Gasteiger partial charge on any atom is 0.408 e. The van der Waals surface area contributed by atoms with Gasteiger partial charge in [0.25, 0.3) is 0 Å². The van der Waals surface area contributed by atoms with E-state index in [1.807, 2.05) is 88.3 Å². The Hall–Kier alpha value is -2.49. The van der Waals surface area contributed by atoms with Crippen molar-refractivity contribution in [3.05, 3.63) is 23.8 Å². The largest absolute Gasteiger partial charge is 0.448 e. The van der Waals surface area contributed by atoms with Crippen molar-refractivity contribution in [3.63, 3.8) is 0 Å². The summed E-state index contributed by atoms with van der Waals surface area (Å²) in [6.45, 7) is 20.9. The summed E-state index contributed by atoms with van der Waals surface area (Å²) >= 11 is 1.14. The molecule has 0 spiro atoms. The van der Waals surface area contributed by atoms with Crippen molar-refractivity contribution < 1.29 is 28.7 Å². The van der Waals surface area contributed by atoms with Crippen molar-refractivity contribution in [2.75, 3.05) is 0 Å². The maximum atomic E-state index is 14.0. The molecule has 262 valence electrons. The number of amides is 3. The monoisotopic (exact) mass is 663 g/mol. The van der Waals surface area contributed by atoms with E-state index in [9.17, 15) is 19.2 Å². The van der Waals surface area contributed by atoms with Crippen molar-refractivity contribution in [2.45, 2.75) is 169 Å². The summed E-state index contributed by atoms with van der Waals surface area (Å²) in [4.78, 5) is 53.1. The second kappa shape index (κ2) is 16.6. The van der Waals surface area contributed by atoms with Gasteiger partial charge < -0.3 is 25.4 Å². The number of ether oxygens (including phenoxy) is 2. The Balaban J connectivity index is 2.35. The summed E-state index contributed by atoms with van der Waals surface area (Å²) in [5.41, 5.74) is -1.22. The maximum absolute atomic E-state index is 14.0. The third-order valence-corrected chi connectivity index (χ3v) is 8.75. The van der Waals surface area contributed by atoms with Gasteiger partial charge in [0.2, 0.25) is 11.8 Å². The lowest BCUT2D eigenvalue weighted by Crippen LogP contribution is -2.53.